The third-order valence-corrected chi connectivity index (χ3v) is 3.52. The van der Waals surface area contributed by atoms with Gasteiger partial charge in [0.15, 0.2) is 0 Å². The highest BCUT2D eigenvalue weighted by Gasteiger charge is 2.19. The molecule has 0 bridgehead atoms. The first-order valence-electron chi connectivity index (χ1n) is 5.90. The molecule has 1 aromatic heterocycles. The summed E-state index contributed by atoms with van der Waals surface area (Å²) >= 11 is 3.04. The number of rotatable bonds is 4. The third-order valence-electron chi connectivity index (χ3n) is 2.91. The molecule has 0 spiro atoms. The second-order valence-corrected chi connectivity index (χ2v) is 5.18. The predicted molar refractivity (Wildman–Crippen MR) is 74.6 cm³/mol. The summed E-state index contributed by atoms with van der Waals surface area (Å²) in [7, 11) is 0. The molecular weight excluding hydrogens is 330 g/mol. The van der Waals surface area contributed by atoms with Crippen LogP contribution in [0.3, 0.4) is 0 Å². The van der Waals surface area contributed by atoms with E-state index in [2.05, 4.69) is 31.3 Å². The number of aromatic nitrogens is 2. The Morgan fingerprint density at radius 2 is 2.05 bits per heavy atom. The topological polar surface area (TPSA) is 63.8 Å². The quantitative estimate of drug-likeness (QED) is 0.509. The van der Waals surface area contributed by atoms with Crippen LogP contribution in [-0.2, 0) is 6.42 Å². The van der Waals surface area contributed by atoms with Crippen molar-refractivity contribution in [1.29, 1.82) is 0 Å². The van der Waals surface area contributed by atoms with E-state index in [0.717, 1.165) is 5.69 Å². The highest BCUT2D eigenvalue weighted by Crippen LogP contribution is 2.25. The molecule has 0 saturated carbocycles. The summed E-state index contributed by atoms with van der Waals surface area (Å²) in [6.07, 6.45) is 3.15. The summed E-state index contributed by atoms with van der Waals surface area (Å²) in [4.78, 5) is 8.26. The van der Waals surface area contributed by atoms with Crippen LogP contribution in [0.5, 0.6) is 0 Å². The molecule has 20 heavy (non-hydrogen) atoms. The van der Waals surface area contributed by atoms with Crippen molar-refractivity contribution in [2.24, 2.45) is 5.84 Å². The summed E-state index contributed by atoms with van der Waals surface area (Å²) < 4.78 is 27.9. The molecule has 2 rings (SSSR count). The molecule has 0 aliphatic heterocycles. The van der Waals surface area contributed by atoms with Crippen LogP contribution in [0.2, 0.25) is 0 Å². The fourth-order valence-corrected chi connectivity index (χ4v) is 2.16. The fourth-order valence-electron chi connectivity index (χ4n) is 1.79. The maximum atomic E-state index is 13.9. The summed E-state index contributed by atoms with van der Waals surface area (Å²) in [5.74, 6) is 4.20. The largest absolute Gasteiger partial charge is 0.271 e. The molecular formula is C13H13BrF2N4. The van der Waals surface area contributed by atoms with Crippen LogP contribution in [-0.4, -0.2) is 9.97 Å². The predicted octanol–water partition coefficient (Wildman–Crippen LogP) is 2.57. The van der Waals surface area contributed by atoms with Crippen LogP contribution in [0.4, 0.5) is 8.78 Å². The lowest BCUT2D eigenvalue weighted by molar-refractivity contribution is 0.490. The Hall–Kier alpha value is -1.44. The molecule has 2 aromatic rings. The van der Waals surface area contributed by atoms with Crippen molar-refractivity contribution in [2.45, 2.75) is 19.4 Å². The number of hydrogen-bond donors (Lipinski definition) is 2. The Kier molecular flexibility index (Phi) is 4.74. The molecule has 7 heteroatoms. The molecule has 3 N–H and O–H groups in total. The molecule has 1 unspecified atom stereocenters. The van der Waals surface area contributed by atoms with E-state index >= 15 is 0 Å². The van der Waals surface area contributed by atoms with Gasteiger partial charge in [-0.3, -0.25) is 21.2 Å². The van der Waals surface area contributed by atoms with Crippen LogP contribution >= 0.6 is 15.9 Å². The number of hydrazine groups is 1. The van der Waals surface area contributed by atoms with Gasteiger partial charge >= 0.3 is 0 Å². The summed E-state index contributed by atoms with van der Waals surface area (Å²) in [5, 5.41) is 0. The zero-order chi connectivity index (χ0) is 14.7. The molecule has 1 aromatic carbocycles. The van der Waals surface area contributed by atoms with Gasteiger partial charge < -0.3 is 0 Å². The molecule has 0 radical (unpaired) electrons. The number of halogens is 3. The van der Waals surface area contributed by atoms with Gasteiger partial charge in [0, 0.05) is 18.2 Å². The van der Waals surface area contributed by atoms with Crippen molar-refractivity contribution in [3.05, 3.63) is 57.6 Å². The zero-order valence-corrected chi connectivity index (χ0v) is 12.3. The lowest BCUT2D eigenvalue weighted by Crippen LogP contribution is -2.31. The zero-order valence-electron chi connectivity index (χ0n) is 10.7. The lowest BCUT2D eigenvalue weighted by atomic mass is 10.0. The van der Waals surface area contributed by atoms with Crippen molar-refractivity contribution in [1.82, 2.24) is 15.4 Å². The van der Waals surface area contributed by atoms with Crippen LogP contribution in [0.1, 0.15) is 23.0 Å². The minimum atomic E-state index is -0.634. The summed E-state index contributed by atoms with van der Waals surface area (Å²) in [6, 6.07) is 2.00. The SMILES string of the molecule is Cc1cnc(C(Cc2c(F)ccc(Br)c2F)NN)cn1. The van der Waals surface area contributed by atoms with Crippen molar-refractivity contribution >= 4 is 15.9 Å². The highest BCUT2D eigenvalue weighted by atomic mass is 79.9. The number of nitrogens with two attached hydrogens (primary N) is 1. The third kappa shape index (κ3) is 3.17. The van der Waals surface area contributed by atoms with E-state index in [0.29, 0.717) is 5.69 Å². The molecule has 0 amide bonds. The van der Waals surface area contributed by atoms with Gasteiger partial charge in [0.25, 0.3) is 0 Å². The van der Waals surface area contributed by atoms with E-state index in [1.807, 2.05) is 0 Å². The normalized spacial score (nSPS) is 12.4. The van der Waals surface area contributed by atoms with E-state index in [9.17, 15) is 8.78 Å². The number of nitrogens with one attached hydrogen (secondary N) is 1. The average Bonchev–Trinajstić information content (AvgIpc) is 2.45. The van der Waals surface area contributed by atoms with Crippen LogP contribution in [0.15, 0.2) is 29.0 Å². The van der Waals surface area contributed by atoms with Gasteiger partial charge in [-0.05, 0) is 35.0 Å². The molecule has 0 aliphatic rings. The molecule has 0 aliphatic carbocycles. The minimum absolute atomic E-state index is 0.0331. The van der Waals surface area contributed by atoms with Gasteiger partial charge in [0.2, 0.25) is 0 Å². The number of hydrogen-bond acceptors (Lipinski definition) is 4. The Bertz CT molecular complexity index is 604. The smallest absolute Gasteiger partial charge is 0.143 e. The van der Waals surface area contributed by atoms with E-state index in [1.54, 1.807) is 13.1 Å². The van der Waals surface area contributed by atoms with Crippen molar-refractivity contribution in [3.63, 3.8) is 0 Å². The number of benzene rings is 1. The first-order chi connectivity index (χ1) is 9.52. The van der Waals surface area contributed by atoms with E-state index < -0.39 is 17.7 Å². The minimum Gasteiger partial charge on any atom is -0.271 e. The van der Waals surface area contributed by atoms with E-state index in [-0.39, 0.29) is 16.5 Å². The number of nitrogens with zero attached hydrogens (tertiary/aromatic N) is 2. The first-order valence-corrected chi connectivity index (χ1v) is 6.69. The summed E-state index contributed by atoms with van der Waals surface area (Å²) in [5.41, 5.74) is 3.74. The second kappa shape index (κ2) is 6.34. The monoisotopic (exact) mass is 342 g/mol. The van der Waals surface area contributed by atoms with Crippen LogP contribution in [0.25, 0.3) is 0 Å². The van der Waals surface area contributed by atoms with Crippen molar-refractivity contribution < 1.29 is 8.78 Å². The van der Waals surface area contributed by atoms with Crippen LogP contribution < -0.4 is 11.3 Å². The fraction of sp³-hybridized carbons (Fsp3) is 0.231. The van der Waals surface area contributed by atoms with E-state index in [4.69, 9.17) is 5.84 Å². The van der Waals surface area contributed by atoms with Crippen molar-refractivity contribution in [2.75, 3.05) is 0 Å². The van der Waals surface area contributed by atoms with Gasteiger partial charge in [0.05, 0.1) is 28.1 Å². The average molecular weight is 343 g/mol. The Balaban J connectivity index is 2.31. The highest BCUT2D eigenvalue weighted by molar-refractivity contribution is 9.10. The Morgan fingerprint density at radius 1 is 1.30 bits per heavy atom. The van der Waals surface area contributed by atoms with Gasteiger partial charge in [-0.25, -0.2) is 8.78 Å². The van der Waals surface area contributed by atoms with Crippen LogP contribution in [0, 0.1) is 18.6 Å². The Morgan fingerprint density at radius 3 is 2.65 bits per heavy atom. The maximum Gasteiger partial charge on any atom is 0.143 e. The van der Waals surface area contributed by atoms with E-state index in [1.165, 1.54) is 18.3 Å². The molecule has 1 heterocycles. The van der Waals surface area contributed by atoms with Gasteiger partial charge in [-0.1, -0.05) is 0 Å². The Labute approximate surface area is 123 Å². The standard InChI is InChI=1S/C13H13BrF2N4/c1-7-5-19-12(6-18-7)11(20-17)4-8-10(15)3-2-9(14)13(8)16/h2-3,5-6,11,20H,4,17H2,1H3. The molecule has 106 valence electrons. The molecule has 0 saturated heterocycles. The number of aryl methyl sites for hydroxylation is 1. The first kappa shape index (κ1) is 15.0. The molecule has 0 fully saturated rings. The van der Waals surface area contributed by atoms with Gasteiger partial charge in [0.1, 0.15) is 11.6 Å². The van der Waals surface area contributed by atoms with Gasteiger partial charge in [-0.2, -0.15) is 0 Å². The molecule has 1 atom stereocenters. The van der Waals surface area contributed by atoms with Crippen molar-refractivity contribution in [3.8, 4) is 0 Å². The lowest BCUT2D eigenvalue weighted by Gasteiger charge is -2.16. The molecule has 4 nitrogen and oxygen atoms in total. The second-order valence-electron chi connectivity index (χ2n) is 4.33. The van der Waals surface area contributed by atoms with Gasteiger partial charge in [-0.15, -0.1) is 0 Å². The maximum absolute atomic E-state index is 13.9. The summed E-state index contributed by atoms with van der Waals surface area (Å²) in [6.45, 7) is 1.80.